The van der Waals surface area contributed by atoms with Crippen LogP contribution in [0.25, 0.3) is 0 Å². The number of carbonyl (C=O) groups excluding carboxylic acids is 1. The number of benzene rings is 2. The van der Waals surface area contributed by atoms with Crippen molar-refractivity contribution in [1.29, 1.82) is 0 Å². The number of anilines is 1. The SMILES string of the molecule is CC(C)(C)[C@H](NC(=S)Nc1cc(C(F)(F)F)cc(C(F)(F)F)c1)C(=O)N1CCC[C@@H]1c1ccc(F)cc1. The molecule has 2 atom stereocenters. The number of hydrogen-bond donors (Lipinski definition) is 2. The highest BCUT2D eigenvalue weighted by molar-refractivity contribution is 7.80. The third-order valence-electron chi connectivity index (χ3n) is 6.02. The summed E-state index contributed by atoms with van der Waals surface area (Å²) in [4.78, 5) is 15.2. The average Bonchev–Trinajstić information content (AvgIpc) is 3.25. The Morgan fingerprint density at radius 3 is 2.00 bits per heavy atom. The fourth-order valence-corrected chi connectivity index (χ4v) is 4.44. The van der Waals surface area contributed by atoms with Crippen molar-refractivity contribution in [3.05, 3.63) is 65.0 Å². The van der Waals surface area contributed by atoms with Gasteiger partial charge in [0.15, 0.2) is 5.11 Å². The normalized spacial score (nSPS) is 17.5. The first-order valence-corrected chi connectivity index (χ1v) is 11.8. The van der Waals surface area contributed by atoms with Crippen molar-refractivity contribution in [3.63, 3.8) is 0 Å². The molecule has 3 rings (SSSR count). The van der Waals surface area contributed by atoms with Crippen LogP contribution in [0.1, 0.15) is 56.3 Å². The van der Waals surface area contributed by atoms with Crippen LogP contribution in [0, 0.1) is 11.2 Å². The second-order valence-corrected chi connectivity index (χ2v) is 10.3. The van der Waals surface area contributed by atoms with E-state index in [0.29, 0.717) is 31.5 Å². The van der Waals surface area contributed by atoms with Crippen LogP contribution in [-0.4, -0.2) is 28.5 Å². The molecular formula is C25H26F7N3OS. The highest BCUT2D eigenvalue weighted by atomic mass is 32.1. The van der Waals surface area contributed by atoms with E-state index in [4.69, 9.17) is 12.2 Å². The van der Waals surface area contributed by atoms with Crippen LogP contribution in [0.2, 0.25) is 0 Å². The van der Waals surface area contributed by atoms with Crippen LogP contribution in [0.3, 0.4) is 0 Å². The number of likely N-dealkylation sites (tertiary alicyclic amines) is 1. The summed E-state index contributed by atoms with van der Waals surface area (Å²) in [6, 6.07) is 5.60. The minimum Gasteiger partial charge on any atom is -0.350 e. The summed E-state index contributed by atoms with van der Waals surface area (Å²) >= 11 is 5.19. The molecule has 37 heavy (non-hydrogen) atoms. The molecule has 1 amide bonds. The van der Waals surface area contributed by atoms with Crippen LogP contribution >= 0.6 is 12.2 Å². The Labute approximate surface area is 215 Å². The third-order valence-corrected chi connectivity index (χ3v) is 6.24. The van der Waals surface area contributed by atoms with Crippen molar-refractivity contribution in [2.24, 2.45) is 5.41 Å². The average molecular weight is 550 g/mol. The number of nitrogens with zero attached hydrogens (tertiary/aromatic N) is 1. The summed E-state index contributed by atoms with van der Waals surface area (Å²) in [7, 11) is 0. The monoisotopic (exact) mass is 549 g/mol. The maximum absolute atomic E-state index is 13.6. The van der Waals surface area contributed by atoms with Crippen molar-refractivity contribution >= 4 is 28.9 Å². The molecule has 4 nitrogen and oxygen atoms in total. The van der Waals surface area contributed by atoms with E-state index in [2.05, 4.69) is 10.6 Å². The van der Waals surface area contributed by atoms with Crippen molar-refractivity contribution in [2.75, 3.05) is 11.9 Å². The maximum atomic E-state index is 13.6. The van der Waals surface area contributed by atoms with Gasteiger partial charge < -0.3 is 15.5 Å². The van der Waals surface area contributed by atoms with Gasteiger partial charge in [-0.25, -0.2) is 4.39 Å². The van der Waals surface area contributed by atoms with Crippen LogP contribution < -0.4 is 10.6 Å². The summed E-state index contributed by atoms with van der Waals surface area (Å²) in [5.74, 6) is -0.753. The largest absolute Gasteiger partial charge is 0.416 e. The zero-order valence-electron chi connectivity index (χ0n) is 20.2. The van der Waals surface area contributed by atoms with Gasteiger partial charge in [0, 0.05) is 12.2 Å². The molecule has 1 fully saturated rings. The second kappa shape index (κ2) is 10.5. The quantitative estimate of drug-likeness (QED) is 0.321. The number of rotatable bonds is 4. The molecule has 2 aromatic rings. The molecule has 1 heterocycles. The third kappa shape index (κ3) is 7.12. The first kappa shape index (κ1) is 28.7. The van der Waals surface area contributed by atoms with E-state index in [1.807, 2.05) is 0 Å². The Hall–Kier alpha value is -2.89. The number of halogens is 7. The second-order valence-electron chi connectivity index (χ2n) is 9.93. The van der Waals surface area contributed by atoms with Gasteiger partial charge in [0.25, 0.3) is 0 Å². The Balaban J connectivity index is 1.84. The minimum atomic E-state index is -5.01. The van der Waals surface area contributed by atoms with Crippen LogP contribution in [0.5, 0.6) is 0 Å². The zero-order chi connectivity index (χ0) is 27.8. The summed E-state index contributed by atoms with van der Waals surface area (Å²) in [5.41, 5.74) is -3.48. The smallest absolute Gasteiger partial charge is 0.350 e. The molecule has 12 heteroatoms. The molecule has 0 bridgehead atoms. The number of amides is 1. The highest BCUT2D eigenvalue weighted by Crippen LogP contribution is 2.38. The van der Waals surface area contributed by atoms with Gasteiger partial charge in [-0.15, -0.1) is 0 Å². The van der Waals surface area contributed by atoms with Gasteiger partial charge >= 0.3 is 12.4 Å². The number of alkyl halides is 6. The predicted molar refractivity (Wildman–Crippen MR) is 129 cm³/mol. The minimum absolute atomic E-state index is 0.0199. The lowest BCUT2D eigenvalue weighted by molar-refractivity contribution is -0.143. The van der Waals surface area contributed by atoms with Crippen LogP contribution in [-0.2, 0) is 17.1 Å². The Morgan fingerprint density at radius 2 is 1.51 bits per heavy atom. The van der Waals surface area contributed by atoms with E-state index in [1.165, 1.54) is 12.1 Å². The van der Waals surface area contributed by atoms with Gasteiger partial charge in [0.05, 0.1) is 17.2 Å². The van der Waals surface area contributed by atoms with Gasteiger partial charge in [0.2, 0.25) is 5.91 Å². The Morgan fingerprint density at radius 1 is 0.973 bits per heavy atom. The molecule has 202 valence electrons. The fraction of sp³-hybridized carbons (Fsp3) is 0.440. The molecule has 0 spiro atoms. The van der Waals surface area contributed by atoms with Crippen LogP contribution in [0.15, 0.2) is 42.5 Å². The summed E-state index contributed by atoms with van der Waals surface area (Å²) < 4.78 is 92.6. The van der Waals surface area contributed by atoms with Gasteiger partial charge in [-0.2, -0.15) is 26.3 Å². The van der Waals surface area contributed by atoms with E-state index < -0.39 is 46.4 Å². The molecule has 1 aliphatic rings. The first-order chi connectivity index (χ1) is 17.0. The standard InChI is InChI=1S/C25H26F7N3OS/c1-23(2,3)20(21(36)35-10-4-5-19(35)14-6-8-17(26)9-7-14)34-22(37)33-18-12-15(24(27,28)29)11-16(13-18)25(30,31)32/h6-9,11-13,19-20H,4-5,10H2,1-3H3,(H2,33,34,37)/t19-,20-/m1/s1. The molecule has 0 unspecified atom stereocenters. The topological polar surface area (TPSA) is 44.4 Å². The molecule has 0 aliphatic carbocycles. The number of hydrogen-bond acceptors (Lipinski definition) is 2. The first-order valence-electron chi connectivity index (χ1n) is 11.4. The van der Waals surface area contributed by atoms with Gasteiger partial charge in [-0.1, -0.05) is 32.9 Å². The zero-order valence-corrected chi connectivity index (χ0v) is 21.0. The fourth-order valence-electron chi connectivity index (χ4n) is 4.20. The van der Waals surface area contributed by atoms with Gasteiger partial charge in [-0.3, -0.25) is 4.79 Å². The number of carbonyl (C=O) groups is 1. The maximum Gasteiger partial charge on any atom is 0.416 e. The highest BCUT2D eigenvalue weighted by Gasteiger charge is 2.40. The Kier molecular flexibility index (Phi) is 8.11. The molecule has 1 saturated heterocycles. The van der Waals surface area contributed by atoms with Crippen molar-refractivity contribution in [3.8, 4) is 0 Å². The van der Waals surface area contributed by atoms with Gasteiger partial charge in [0.1, 0.15) is 11.9 Å². The lowest BCUT2D eigenvalue weighted by Crippen LogP contribution is -2.55. The molecule has 2 aromatic carbocycles. The Bertz CT molecular complexity index is 1110. The summed E-state index contributed by atoms with van der Waals surface area (Å²) in [6.45, 7) is 5.68. The van der Waals surface area contributed by atoms with Crippen molar-refractivity contribution in [2.45, 2.75) is 58.0 Å². The molecule has 0 radical (unpaired) electrons. The molecule has 0 saturated carbocycles. The van der Waals surface area contributed by atoms with Gasteiger partial charge in [-0.05, 0) is 66.4 Å². The molecular weight excluding hydrogens is 523 g/mol. The van der Waals surface area contributed by atoms with E-state index in [0.717, 1.165) is 5.56 Å². The van der Waals surface area contributed by atoms with E-state index >= 15 is 0 Å². The van der Waals surface area contributed by atoms with E-state index in [1.54, 1.807) is 37.8 Å². The predicted octanol–water partition coefficient (Wildman–Crippen LogP) is 6.93. The molecule has 1 aliphatic heterocycles. The van der Waals surface area contributed by atoms with E-state index in [-0.39, 0.29) is 23.1 Å². The summed E-state index contributed by atoms with van der Waals surface area (Å²) in [5, 5.41) is 4.85. The number of nitrogens with one attached hydrogen (secondary N) is 2. The lowest BCUT2D eigenvalue weighted by atomic mass is 9.85. The summed E-state index contributed by atoms with van der Waals surface area (Å²) in [6.07, 6.45) is -8.66. The van der Waals surface area contributed by atoms with Crippen molar-refractivity contribution in [1.82, 2.24) is 10.2 Å². The van der Waals surface area contributed by atoms with E-state index in [9.17, 15) is 35.5 Å². The number of thiocarbonyl (C=S) groups is 1. The van der Waals surface area contributed by atoms with Crippen LogP contribution in [0.4, 0.5) is 36.4 Å². The lowest BCUT2D eigenvalue weighted by Gasteiger charge is -2.36. The molecule has 2 N–H and O–H groups in total. The molecule has 0 aromatic heterocycles. The van der Waals surface area contributed by atoms with Crippen molar-refractivity contribution < 1.29 is 35.5 Å².